The Labute approximate surface area is 94.3 Å². The Morgan fingerprint density at radius 1 is 1.53 bits per heavy atom. The highest BCUT2D eigenvalue weighted by Crippen LogP contribution is 2.44. The fraction of sp³-hybridized carbons (Fsp3) is 0.833. The minimum Gasteiger partial charge on any atom is -0.386 e. The molecule has 0 bridgehead atoms. The lowest BCUT2D eigenvalue weighted by molar-refractivity contribution is 0.114. The molecule has 0 aliphatic carbocycles. The van der Waals surface area contributed by atoms with E-state index in [1.165, 1.54) is 0 Å². The van der Waals surface area contributed by atoms with Gasteiger partial charge < -0.3 is 9.84 Å². The van der Waals surface area contributed by atoms with E-state index in [0.717, 1.165) is 18.0 Å². The van der Waals surface area contributed by atoms with Crippen LogP contribution in [0.25, 0.3) is 0 Å². The maximum absolute atomic E-state index is 10.2. The van der Waals surface area contributed by atoms with E-state index >= 15 is 0 Å². The number of ether oxygens (including phenoxy) is 1. The molecule has 1 fully saturated rings. The summed E-state index contributed by atoms with van der Waals surface area (Å²) >= 11 is 0. The van der Waals surface area contributed by atoms with Gasteiger partial charge in [-0.25, -0.2) is 0 Å². The number of hydrogen-bond acceptors (Lipinski definition) is 2. The second-order valence-electron chi connectivity index (χ2n) is 6.00. The summed E-state index contributed by atoms with van der Waals surface area (Å²) in [7, 11) is -1.18. The third-order valence-corrected chi connectivity index (χ3v) is 4.55. The second-order valence-corrected chi connectivity index (χ2v) is 11.5. The molecule has 3 atom stereocenters. The fourth-order valence-corrected chi connectivity index (χ4v) is 3.74. The van der Waals surface area contributed by atoms with Crippen molar-refractivity contribution in [1.29, 1.82) is 0 Å². The van der Waals surface area contributed by atoms with Crippen LogP contribution in [-0.4, -0.2) is 31.0 Å². The largest absolute Gasteiger partial charge is 0.386 e. The van der Waals surface area contributed by atoms with E-state index in [2.05, 4.69) is 33.1 Å². The molecule has 1 N–H and O–H groups in total. The van der Waals surface area contributed by atoms with E-state index in [1.807, 2.05) is 6.92 Å². The summed E-state index contributed by atoms with van der Waals surface area (Å²) in [4.78, 5) is 0. The van der Waals surface area contributed by atoms with Crippen molar-refractivity contribution in [2.75, 3.05) is 0 Å². The van der Waals surface area contributed by atoms with Gasteiger partial charge in [-0.3, -0.25) is 0 Å². The van der Waals surface area contributed by atoms with Crippen molar-refractivity contribution in [3.63, 3.8) is 0 Å². The smallest absolute Gasteiger partial charge is 0.121 e. The van der Waals surface area contributed by atoms with Gasteiger partial charge >= 0.3 is 0 Å². The van der Waals surface area contributed by atoms with Crippen LogP contribution < -0.4 is 0 Å². The normalized spacial score (nSPS) is 32.5. The summed E-state index contributed by atoms with van der Waals surface area (Å²) in [6, 6.07) is 0.976. The molecule has 0 spiro atoms. The van der Waals surface area contributed by atoms with Gasteiger partial charge in [-0.05, 0) is 25.0 Å². The predicted octanol–water partition coefficient (Wildman–Crippen LogP) is 2.81. The van der Waals surface area contributed by atoms with E-state index in [0.29, 0.717) is 0 Å². The number of aliphatic hydroxyl groups is 1. The topological polar surface area (TPSA) is 32.8 Å². The molecule has 0 saturated carbocycles. The molecule has 0 radical (unpaired) electrons. The molecule has 1 saturated heterocycles. The van der Waals surface area contributed by atoms with Gasteiger partial charge in [-0.1, -0.05) is 33.1 Å². The maximum Gasteiger partial charge on any atom is 0.121 e. The molecule has 15 heavy (non-hydrogen) atoms. The van der Waals surface area contributed by atoms with Crippen molar-refractivity contribution in [2.24, 2.45) is 0 Å². The average molecular weight is 228 g/mol. The molecule has 0 unspecified atom stereocenters. The van der Waals surface area contributed by atoms with Crippen LogP contribution in [0, 0.1) is 0 Å². The van der Waals surface area contributed by atoms with E-state index in [1.54, 1.807) is 0 Å². The van der Waals surface area contributed by atoms with Crippen molar-refractivity contribution < 1.29 is 9.84 Å². The lowest BCUT2D eigenvalue weighted by Gasteiger charge is -2.23. The Kier molecular flexibility index (Phi) is 3.48. The molecule has 2 nitrogen and oxygen atoms in total. The molecule has 1 aliphatic rings. The Morgan fingerprint density at radius 2 is 2.07 bits per heavy atom. The minimum absolute atomic E-state index is 0.214. The van der Waals surface area contributed by atoms with Crippen molar-refractivity contribution in [1.82, 2.24) is 0 Å². The molecule has 0 aromatic rings. The zero-order valence-electron chi connectivity index (χ0n) is 10.6. The molecular formula is C12H24O2Si. The molecule has 1 heterocycles. The van der Waals surface area contributed by atoms with Crippen LogP contribution in [0.15, 0.2) is 12.2 Å². The van der Waals surface area contributed by atoms with Crippen LogP contribution in [0.4, 0.5) is 0 Å². The first-order valence-corrected chi connectivity index (χ1v) is 9.45. The lowest BCUT2D eigenvalue weighted by Crippen LogP contribution is -2.33. The highest BCUT2D eigenvalue weighted by molar-refractivity contribution is 6.76. The Hall–Kier alpha value is -0.123. The van der Waals surface area contributed by atoms with Crippen molar-refractivity contribution in [2.45, 2.75) is 63.8 Å². The zero-order valence-corrected chi connectivity index (χ0v) is 11.6. The van der Waals surface area contributed by atoms with E-state index in [9.17, 15) is 5.11 Å². The summed E-state index contributed by atoms with van der Waals surface area (Å²) in [5.74, 6) is 0. The second kappa shape index (κ2) is 4.04. The number of hydrogen-bond donors (Lipinski definition) is 1. The third-order valence-electron chi connectivity index (χ3n) is 3.04. The van der Waals surface area contributed by atoms with Crippen molar-refractivity contribution in [3.05, 3.63) is 12.2 Å². The summed E-state index contributed by atoms with van der Waals surface area (Å²) in [5.41, 5.74) is 0.596. The van der Waals surface area contributed by atoms with Crippen molar-refractivity contribution >= 4 is 8.07 Å². The van der Waals surface area contributed by atoms with Gasteiger partial charge in [-0.2, -0.15) is 0 Å². The standard InChI is InChI=1S/C12H24O2Si/c1-7-10-12(3,14-10)11(13)9(2)8-15(4,5)6/h10-11,13H,2,7-8H2,1,3-6H3/t10-,11+,12+/m1/s1. The molecule has 0 aromatic carbocycles. The molecule has 0 aromatic heterocycles. The zero-order chi connectivity index (χ0) is 11.9. The molecule has 3 heteroatoms. The highest BCUT2D eigenvalue weighted by atomic mass is 28.3. The Bertz CT molecular complexity index is 257. The van der Waals surface area contributed by atoms with Crippen molar-refractivity contribution in [3.8, 4) is 0 Å². The van der Waals surface area contributed by atoms with Crippen LogP contribution in [0.3, 0.4) is 0 Å². The first-order chi connectivity index (χ1) is 6.70. The number of rotatable bonds is 5. The van der Waals surface area contributed by atoms with E-state index < -0.39 is 14.2 Å². The Balaban J connectivity index is 2.55. The summed E-state index contributed by atoms with van der Waals surface area (Å²) in [5, 5.41) is 10.2. The first-order valence-electron chi connectivity index (χ1n) is 5.74. The minimum atomic E-state index is -1.18. The monoisotopic (exact) mass is 228 g/mol. The number of epoxide rings is 1. The van der Waals surface area contributed by atoms with Gasteiger partial charge in [0.2, 0.25) is 0 Å². The van der Waals surface area contributed by atoms with Crippen LogP contribution in [0.1, 0.15) is 20.3 Å². The number of aliphatic hydroxyl groups excluding tert-OH is 1. The lowest BCUT2D eigenvalue weighted by atomic mass is 9.94. The van der Waals surface area contributed by atoms with Gasteiger partial charge in [-0.15, -0.1) is 0 Å². The fourth-order valence-electron chi connectivity index (χ4n) is 2.18. The molecule has 88 valence electrons. The molecular weight excluding hydrogens is 204 g/mol. The van der Waals surface area contributed by atoms with Gasteiger partial charge in [0.25, 0.3) is 0 Å². The van der Waals surface area contributed by atoms with Gasteiger partial charge in [0, 0.05) is 8.07 Å². The molecule has 0 amide bonds. The predicted molar refractivity (Wildman–Crippen MR) is 66.9 cm³/mol. The molecule has 1 aliphatic heterocycles. The third kappa shape index (κ3) is 2.92. The van der Waals surface area contributed by atoms with Gasteiger partial charge in [0.05, 0.1) is 6.10 Å². The SMILES string of the molecule is C=C(C[Si](C)(C)C)[C@H](O)[C@@]1(C)O[C@@H]1CC. The average Bonchev–Trinajstić information content (AvgIpc) is 2.74. The maximum atomic E-state index is 10.2. The quantitative estimate of drug-likeness (QED) is 0.446. The Morgan fingerprint density at radius 3 is 2.40 bits per heavy atom. The first kappa shape index (κ1) is 12.9. The summed E-state index contributed by atoms with van der Waals surface area (Å²) < 4.78 is 5.56. The van der Waals surface area contributed by atoms with Crippen LogP contribution in [0.5, 0.6) is 0 Å². The van der Waals surface area contributed by atoms with Crippen LogP contribution >= 0.6 is 0 Å². The van der Waals surface area contributed by atoms with Gasteiger partial charge in [0.15, 0.2) is 0 Å². The molecule has 1 rings (SSSR count). The van der Waals surface area contributed by atoms with Crippen LogP contribution in [-0.2, 0) is 4.74 Å². The highest BCUT2D eigenvalue weighted by Gasteiger charge is 2.56. The van der Waals surface area contributed by atoms with E-state index in [-0.39, 0.29) is 11.7 Å². The van der Waals surface area contributed by atoms with Gasteiger partial charge in [0.1, 0.15) is 11.7 Å². The van der Waals surface area contributed by atoms with Crippen LogP contribution in [0.2, 0.25) is 25.7 Å². The summed E-state index contributed by atoms with van der Waals surface area (Å²) in [6.45, 7) is 15.0. The summed E-state index contributed by atoms with van der Waals surface area (Å²) in [6.07, 6.45) is 0.688. The van der Waals surface area contributed by atoms with E-state index in [4.69, 9.17) is 4.74 Å².